The lowest BCUT2D eigenvalue weighted by Gasteiger charge is -2.42. The number of aromatic nitrogens is 5. The number of piperidine rings is 1. The number of halogens is 1. The predicted octanol–water partition coefficient (Wildman–Crippen LogP) is 13.3. The van der Waals surface area contributed by atoms with E-state index in [1.807, 2.05) is 112 Å². The Balaban J connectivity index is 0.000000146. The molecule has 7 N–H and O–H groups in total. The monoisotopic (exact) mass is 1530 g/mol. The van der Waals surface area contributed by atoms with Crippen LogP contribution in [-0.4, -0.2) is 138 Å². The van der Waals surface area contributed by atoms with Crippen molar-refractivity contribution in [1.29, 1.82) is 5.41 Å². The Kier molecular flexibility index (Phi) is 23.8. The molecule has 25 heteroatoms. The minimum atomic E-state index is -1.79. The van der Waals surface area contributed by atoms with Gasteiger partial charge in [-0.1, -0.05) is 67.0 Å². The van der Waals surface area contributed by atoms with E-state index >= 15 is 0 Å². The molecular formula is C84H83FN16O4S4. The fraction of sp³-hybridized carbons (Fsp3) is 0.298. The number of likely N-dealkylation sites (tertiary alicyclic amines) is 1. The number of nitrogens with zero attached hydrogens (tertiary/aromatic N) is 12. The molecule has 5 aliphatic rings. The summed E-state index contributed by atoms with van der Waals surface area (Å²) in [7, 11) is 6.42. The molecule has 14 rings (SSSR count). The minimum Gasteiger partial charge on any atom is -0.369 e. The molecule has 109 heavy (non-hydrogen) atoms. The number of hydrogen-bond acceptors (Lipinski definition) is 20. The lowest BCUT2D eigenvalue weighted by molar-refractivity contribution is -0.135. The van der Waals surface area contributed by atoms with Gasteiger partial charge < -0.3 is 22.1 Å². The summed E-state index contributed by atoms with van der Waals surface area (Å²) in [4.78, 5) is 93.2. The SMILES string of the molecule is CC#Cc1cccc(-c2csc([C@]3(C)CC(=O)N(C)C(N)=N3)n2)c1.CC#Cc1cncc(-c2cc([C@@]3(C)N=C(N)N(C)C(=O)[C@@H]3c3ccc(C4CC4)cc3)ccn2)c1.CC#Cc1cncc(-c2csc([C@@]3(C)CC(=N)N(C)C(=O)C3SC)c2)c1.CC#Cc1cncc(-c2csc([C@@]3(C)N=C(N)N(C)C(=O)[C@@H]3F)c2)c1. The van der Waals surface area contributed by atoms with Crippen molar-refractivity contribution < 1.29 is 23.6 Å². The van der Waals surface area contributed by atoms with Crippen LogP contribution in [0.4, 0.5) is 4.39 Å². The molecule has 11 heterocycles. The Morgan fingerprint density at radius 3 is 1.63 bits per heavy atom. The zero-order valence-electron chi connectivity index (χ0n) is 62.8. The number of carbonyl (C=O) groups excluding carboxylic acids is 4. The fourth-order valence-electron chi connectivity index (χ4n) is 13.2. The number of pyridine rings is 4. The molecule has 554 valence electrons. The summed E-state index contributed by atoms with van der Waals surface area (Å²) in [6, 6.07) is 30.1. The molecule has 0 radical (unpaired) electrons. The average Bonchev–Trinajstić information content (AvgIpc) is 1.26. The highest BCUT2D eigenvalue weighted by atomic mass is 32.2. The molecule has 1 saturated heterocycles. The quantitative estimate of drug-likeness (QED) is 0.0878. The number of rotatable bonds is 11. The van der Waals surface area contributed by atoms with E-state index in [0.29, 0.717) is 23.1 Å². The van der Waals surface area contributed by atoms with Crippen molar-refractivity contribution in [2.24, 2.45) is 32.2 Å². The number of aliphatic imine (C=N–C) groups is 3. The second-order valence-electron chi connectivity index (χ2n) is 27.5. The summed E-state index contributed by atoms with van der Waals surface area (Å²) in [6.07, 6.45) is 15.7. The summed E-state index contributed by atoms with van der Waals surface area (Å²) in [5.41, 5.74) is 28.5. The lowest BCUT2D eigenvalue weighted by atomic mass is 9.74. The van der Waals surface area contributed by atoms with Gasteiger partial charge in [0, 0.05) is 143 Å². The number of carbonyl (C=O) groups is 4. The van der Waals surface area contributed by atoms with Gasteiger partial charge in [0.05, 0.1) is 29.0 Å². The third-order valence-electron chi connectivity index (χ3n) is 19.7. The molecule has 1 unspecified atom stereocenters. The maximum atomic E-state index is 14.7. The van der Waals surface area contributed by atoms with Crippen LogP contribution in [0.3, 0.4) is 0 Å². The van der Waals surface area contributed by atoms with E-state index in [0.717, 1.165) is 92.9 Å². The van der Waals surface area contributed by atoms with Gasteiger partial charge in [0.15, 0.2) is 17.9 Å². The van der Waals surface area contributed by atoms with Crippen LogP contribution in [0.1, 0.15) is 147 Å². The summed E-state index contributed by atoms with van der Waals surface area (Å²) in [5, 5.41) is 14.8. The average molecular weight is 1530 g/mol. The van der Waals surface area contributed by atoms with Crippen molar-refractivity contribution in [1.82, 2.24) is 44.5 Å². The first kappa shape index (κ1) is 78.6. The van der Waals surface area contributed by atoms with Gasteiger partial charge in [-0.15, -0.1) is 57.7 Å². The number of alkyl halides is 1. The Morgan fingerprint density at radius 1 is 0.532 bits per heavy atom. The molecule has 4 amide bonds. The second kappa shape index (κ2) is 33.0. The third kappa shape index (κ3) is 16.7. The van der Waals surface area contributed by atoms with Gasteiger partial charge in [0.2, 0.25) is 23.9 Å². The number of nitrogens with one attached hydrogen (secondary N) is 1. The molecule has 2 aromatic carbocycles. The van der Waals surface area contributed by atoms with E-state index in [1.165, 1.54) is 62.8 Å². The summed E-state index contributed by atoms with van der Waals surface area (Å²) < 4.78 is 14.7. The van der Waals surface area contributed by atoms with Crippen LogP contribution in [-0.2, 0) is 41.2 Å². The maximum absolute atomic E-state index is 14.7. The Bertz CT molecular complexity index is 5400. The molecular weight excluding hydrogens is 1440 g/mol. The van der Waals surface area contributed by atoms with Crippen molar-refractivity contribution in [2.75, 3.05) is 34.4 Å². The molecule has 1 saturated carbocycles. The number of guanidine groups is 3. The van der Waals surface area contributed by atoms with Gasteiger partial charge >= 0.3 is 0 Å². The van der Waals surface area contributed by atoms with E-state index in [4.69, 9.17) is 32.6 Å². The van der Waals surface area contributed by atoms with Crippen LogP contribution in [0.2, 0.25) is 0 Å². The molecule has 7 atom stereocenters. The van der Waals surface area contributed by atoms with E-state index in [9.17, 15) is 23.6 Å². The maximum Gasteiger partial charge on any atom is 0.266 e. The van der Waals surface area contributed by atoms with Gasteiger partial charge in [0.1, 0.15) is 27.5 Å². The number of benzene rings is 2. The highest BCUT2D eigenvalue weighted by molar-refractivity contribution is 8.00. The number of likely N-dealkylation sites (N-methyl/N-ethyl adjacent to an activating group) is 1. The van der Waals surface area contributed by atoms with Crippen LogP contribution in [0.25, 0.3) is 44.8 Å². The molecule has 2 fully saturated rings. The highest BCUT2D eigenvalue weighted by Crippen LogP contribution is 2.49. The molecule has 7 aromatic heterocycles. The number of thiophene rings is 2. The number of nitrogens with two attached hydrogens (primary N) is 3. The van der Waals surface area contributed by atoms with Gasteiger partial charge in [-0.05, 0) is 167 Å². The first-order valence-corrected chi connectivity index (χ1v) is 38.8. The van der Waals surface area contributed by atoms with Crippen molar-refractivity contribution in [3.05, 3.63) is 204 Å². The lowest BCUT2D eigenvalue weighted by Crippen LogP contribution is -2.55. The van der Waals surface area contributed by atoms with Crippen LogP contribution in [0, 0.1) is 52.8 Å². The first-order valence-electron chi connectivity index (χ1n) is 34.9. The highest BCUT2D eigenvalue weighted by Gasteiger charge is 2.51. The largest absolute Gasteiger partial charge is 0.369 e. The zero-order valence-corrected chi connectivity index (χ0v) is 66.1. The Hall–Kier alpha value is -11.5. The number of amides is 4. The molecule has 0 spiro atoms. The first-order chi connectivity index (χ1) is 52.1. The molecule has 9 aromatic rings. The predicted molar refractivity (Wildman–Crippen MR) is 436 cm³/mol. The normalized spacial score (nSPS) is 22.1. The van der Waals surface area contributed by atoms with Gasteiger partial charge in [-0.25, -0.2) is 24.4 Å². The standard InChI is InChI=1S/C28H27N5O.C20H21N3OS2.C18H17FN4OS.C18H18N4OS/c1-4-5-18-14-22(17-30-16-18)24-15-23(12-13-31-24)28(2)25(26(34)33(3)27(29)32-28)21-10-8-20(9-11-21)19-6-7-19;1-5-6-13-7-14(11-22-10-13)15-8-16(26-12-15)20(2)9-17(21)23(3)19(24)18(20)25-4;1-4-5-11-6-12(9-21-8-11)13-7-14(25-10-13)18(2)15(19)16(24)23(3)17(20)22-18;1-4-6-12-7-5-8-13(9-12)14-11-24-16(20-14)18(2)10-15(23)22(3)17(19)21-18/h8-17,19,25H,6-7H2,1-3H3,(H2,29,32);7-8,10-12,18,21H,9H2,1-4H3;6-10,15H,1-3H3,(H2,20,22);5,7-9,11H,10H2,1-3H3,(H2,19,21)/t25-,28+;18?,20-;15-,18+;18-/m0100/s1. The van der Waals surface area contributed by atoms with Crippen molar-refractivity contribution in [2.45, 2.75) is 126 Å². The fourth-order valence-corrected chi connectivity index (χ4v) is 17.5. The number of thiazole rings is 1. The van der Waals surface area contributed by atoms with Crippen molar-refractivity contribution in [3.63, 3.8) is 0 Å². The smallest absolute Gasteiger partial charge is 0.266 e. The van der Waals surface area contributed by atoms with E-state index in [1.54, 1.807) is 102 Å². The topological polar surface area (TPSA) is 285 Å². The summed E-state index contributed by atoms with van der Waals surface area (Å²) in [5.74, 6) is 23.8. The number of amidine groups is 1. The van der Waals surface area contributed by atoms with E-state index < -0.39 is 34.6 Å². The van der Waals surface area contributed by atoms with Crippen LogP contribution >= 0.6 is 45.8 Å². The summed E-state index contributed by atoms with van der Waals surface area (Å²) >= 11 is 6.05. The Labute approximate surface area is 651 Å². The number of thioether (sulfide) groups is 1. The molecule has 1 aliphatic carbocycles. The van der Waals surface area contributed by atoms with Crippen LogP contribution in [0.5, 0.6) is 0 Å². The van der Waals surface area contributed by atoms with Gasteiger partial charge in [-0.3, -0.25) is 59.2 Å². The van der Waals surface area contributed by atoms with Crippen LogP contribution in [0.15, 0.2) is 165 Å². The van der Waals surface area contributed by atoms with E-state index in [2.05, 4.69) is 120 Å². The van der Waals surface area contributed by atoms with Crippen LogP contribution < -0.4 is 17.2 Å². The van der Waals surface area contributed by atoms with Gasteiger partial charge in [0.25, 0.3) is 5.91 Å². The van der Waals surface area contributed by atoms with Crippen molar-refractivity contribution in [3.8, 4) is 92.1 Å². The van der Waals surface area contributed by atoms with Crippen molar-refractivity contribution >= 4 is 93.1 Å². The third-order valence-corrected chi connectivity index (χ3v) is 24.4. The van der Waals surface area contributed by atoms with E-state index in [-0.39, 0.29) is 52.7 Å². The Morgan fingerprint density at radius 2 is 1.06 bits per heavy atom. The van der Waals surface area contributed by atoms with Gasteiger partial charge in [-0.2, -0.15) is 11.8 Å². The molecule has 4 aliphatic heterocycles. The molecule has 20 nitrogen and oxygen atoms in total. The zero-order chi connectivity index (χ0) is 78.3. The molecule has 0 bridgehead atoms. The summed E-state index contributed by atoms with van der Waals surface area (Å²) in [6.45, 7) is 14.7. The minimum absolute atomic E-state index is 0.00749. The second-order valence-corrected chi connectivity index (χ2v) is 31.2. The number of hydrogen-bond donors (Lipinski definition) is 4.